The predicted molar refractivity (Wildman–Crippen MR) is 91.2 cm³/mol. The van der Waals surface area contributed by atoms with Crippen molar-refractivity contribution < 1.29 is 8.81 Å². The monoisotopic (exact) mass is 374 g/mol. The van der Waals surface area contributed by atoms with Gasteiger partial charge in [0.1, 0.15) is 0 Å². The van der Waals surface area contributed by atoms with Gasteiger partial charge in [0.05, 0.1) is 21.3 Å². The van der Waals surface area contributed by atoms with E-state index < -0.39 is 11.6 Å². The van der Waals surface area contributed by atoms with Gasteiger partial charge in [-0.1, -0.05) is 23.2 Å². The van der Waals surface area contributed by atoms with Crippen LogP contribution in [0.25, 0.3) is 11.5 Å². The largest absolute Gasteiger partial charge is 0.434 e. The van der Waals surface area contributed by atoms with Crippen LogP contribution >= 0.6 is 23.2 Å². The Balaban J connectivity index is 1.94. The predicted octanol–water partition coefficient (Wildman–Crippen LogP) is 3.28. The van der Waals surface area contributed by atoms with Crippen molar-refractivity contribution >= 4 is 28.9 Å². The van der Waals surface area contributed by atoms with Crippen LogP contribution in [0.4, 0.5) is 10.1 Å². The number of benzene rings is 1. The Morgan fingerprint density at radius 2 is 2.12 bits per heavy atom. The molecule has 0 bridgehead atoms. The van der Waals surface area contributed by atoms with E-state index in [9.17, 15) is 9.18 Å². The van der Waals surface area contributed by atoms with E-state index >= 15 is 0 Å². The molecule has 3 rings (SSSR count). The first-order valence-electron chi connectivity index (χ1n) is 7.68. The molecule has 1 saturated heterocycles. The molecule has 2 aromatic rings. The molecule has 0 radical (unpaired) electrons. The minimum Gasteiger partial charge on any atom is -0.388 e. The van der Waals surface area contributed by atoms with Crippen molar-refractivity contribution in [3.8, 4) is 11.5 Å². The van der Waals surface area contributed by atoms with Crippen molar-refractivity contribution in [2.45, 2.75) is 25.8 Å². The maximum absolute atomic E-state index is 14.9. The fourth-order valence-corrected chi connectivity index (χ4v) is 3.32. The lowest BCUT2D eigenvalue weighted by atomic mass is 9.91. The van der Waals surface area contributed by atoms with Gasteiger partial charge in [0.25, 0.3) is 5.89 Å². The molecule has 24 heavy (non-hydrogen) atoms. The number of anilines is 1. The van der Waals surface area contributed by atoms with Crippen molar-refractivity contribution in [3.05, 3.63) is 32.5 Å². The molecule has 1 fully saturated rings. The van der Waals surface area contributed by atoms with Gasteiger partial charge in [0.2, 0.25) is 0 Å². The molecule has 1 aliphatic rings. The Hall–Kier alpha value is -1.57. The minimum absolute atomic E-state index is 0.0107. The molecular weight excluding hydrogens is 358 g/mol. The number of hydrogen-bond donors (Lipinski definition) is 3. The number of aromatic amines is 1. The topological polar surface area (TPSA) is 83.0 Å². The van der Waals surface area contributed by atoms with E-state index in [1.165, 1.54) is 6.07 Å². The molecule has 1 aromatic carbocycles. The second-order valence-corrected chi connectivity index (χ2v) is 6.63. The van der Waals surface area contributed by atoms with Crippen molar-refractivity contribution in [3.63, 3.8) is 0 Å². The number of nitrogens with one attached hydrogen (secondary N) is 3. The zero-order valence-electron chi connectivity index (χ0n) is 13.0. The summed E-state index contributed by atoms with van der Waals surface area (Å²) in [5, 5.41) is 12.4. The van der Waals surface area contributed by atoms with Gasteiger partial charge in [-0.05, 0) is 44.8 Å². The number of halogens is 3. The minimum atomic E-state index is -0.770. The van der Waals surface area contributed by atoms with Crippen LogP contribution in [-0.2, 0) is 0 Å². The zero-order valence-corrected chi connectivity index (χ0v) is 14.5. The molecule has 9 heteroatoms. The second-order valence-electron chi connectivity index (χ2n) is 5.85. The molecule has 0 saturated carbocycles. The highest BCUT2D eigenvalue weighted by molar-refractivity contribution is 6.44. The third kappa shape index (κ3) is 3.43. The Kier molecular flexibility index (Phi) is 5.12. The summed E-state index contributed by atoms with van der Waals surface area (Å²) >= 11 is 12.3. The highest BCUT2D eigenvalue weighted by Gasteiger charge is 2.25. The molecule has 2 heterocycles. The van der Waals surface area contributed by atoms with Gasteiger partial charge in [-0.25, -0.2) is 14.3 Å². The second kappa shape index (κ2) is 7.13. The molecular formula is C15H17Cl2FN4O2. The molecule has 0 spiro atoms. The van der Waals surface area contributed by atoms with Gasteiger partial charge in [0, 0.05) is 6.04 Å². The fraction of sp³-hybridized carbons (Fsp3) is 0.467. The molecule has 130 valence electrons. The summed E-state index contributed by atoms with van der Waals surface area (Å²) in [5.41, 5.74) is 0.0682. The summed E-state index contributed by atoms with van der Waals surface area (Å²) in [6, 6.07) is 1.30. The molecule has 6 nitrogen and oxygen atoms in total. The van der Waals surface area contributed by atoms with E-state index in [2.05, 4.69) is 20.8 Å². The highest BCUT2D eigenvalue weighted by atomic mass is 35.5. The molecule has 1 atom stereocenters. The van der Waals surface area contributed by atoms with E-state index in [4.69, 9.17) is 27.6 Å². The van der Waals surface area contributed by atoms with E-state index in [0.717, 1.165) is 25.9 Å². The normalized spacial score (nSPS) is 17.0. The standard InChI is InChI=1S/C15H17Cl2FN4O2/c1-7(8-2-4-19-5-3-8)20-13-11(17)10(16)6-9(12(13)18)14-21-22-15(23)24-14/h6-8,19-20H,2-5H2,1H3,(H,22,23). The van der Waals surface area contributed by atoms with Gasteiger partial charge in [-0.15, -0.1) is 5.10 Å². The third-order valence-corrected chi connectivity index (χ3v) is 5.08. The van der Waals surface area contributed by atoms with Crippen molar-refractivity contribution in [1.29, 1.82) is 0 Å². The summed E-state index contributed by atoms with van der Waals surface area (Å²) < 4.78 is 19.7. The van der Waals surface area contributed by atoms with Crippen LogP contribution in [0.5, 0.6) is 0 Å². The molecule has 1 unspecified atom stereocenters. The van der Waals surface area contributed by atoms with Gasteiger partial charge in [0.15, 0.2) is 5.82 Å². The highest BCUT2D eigenvalue weighted by Crippen LogP contribution is 2.39. The van der Waals surface area contributed by atoms with Crippen LogP contribution in [0.3, 0.4) is 0 Å². The summed E-state index contributed by atoms with van der Waals surface area (Å²) in [6.07, 6.45) is 1.99. The average molecular weight is 375 g/mol. The van der Waals surface area contributed by atoms with Gasteiger partial charge in [-0.3, -0.25) is 0 Å². The smallest absolute Gasteiger partial charge is 0.388 e. The van der Waals surface area contributed by atoms with Crippen LogP contribution in [0.2, 0.25) is 10.0 Å². The lowest BCUT2D eigenvalue weighted by molar-refractivity contribution is 0.342. The van der Waals surface area contributed by atoms with Crippen LogP contribution in [0.15, 0.2) is 15.3 Å². The van der Waals surface area contributed by atoms with Crippen LogP contribution < -0.4 is 16.4 Å². The van der Waals surface area contributed by atoms with Gasteiger partial charge >= 0.3 is 5.76 Å². The van der Waals surface area contributed by atoms with Gasteiger partial charge < -0.3 is 15.1 Å². The summed E-state index contributed by atoms with van der Waals surface area (Å²) in [4.78, 5) is 11.1. The number of H-pyrrole nitrogens is 1. The van der Waals surface area contributed by atoms with E-state index in [0.29, 0.717) is 5.92 Å². The first-order valence-corrected chi connectivity index (χ1v) is 8.43. The number of rotatable bonds is 4. The number of hydrogen-bond acceptors (Lipinski definition) is 5. The molecule has 3 N–H and O–H groups in total. The SMILES string of the molecule is CC(Nc1c(F)c(-c2n[nH]c(=O)o2)cc(Cl)c1Cl)C1CCNCC1. The van der Waals surface area contributed by atoms with Crippen molar-refractivity contribution in [2.75, 3.05) is 18.4 Å². The number of nitrogens with zero attached hydrogens (tertiary/aromatic N) is 1. The molecule has 0 amide bonds. The summed E-state index contributed by atoms with van der Waals surface area (Å²) in [7, 11) is 0. The average Bonchev–Trinajstić information content (AvgIpc) is 3.01. The Bertz CT molecular complexity index is 786. The molecule has 1 aromatic heterocycles. The van der Waals surface area contributed by atoms with E-state index in [1.807, 2.05) is 6.92 Å². The van der Waals surface area contributed by atoms with E-state index in [-0.39, 0.29) is 33.2 Å². The quantitative estimate of drug-likeness (QED) is 0.715. The third-order valence-electron chi connectivity index (χ3n) is 4.29. The van der Waals surface area contributed by atoms with Crippen LogP contribution in [0, 0.1) is 11.7 Å². The number of piperidine rings is 1. The summed E-state index contributed by atoms with van der Waals surface area (Å²) in [6.45, 7) is 3.86. The van der Waals surface area contributed by atoms with Crippen molar-refractivity contribution in [1.82, 2.24) is 15.5 Å². The molecule has 0 aliphatic carbocycles. The van der Waals surface area contributed by atoms with Crippen LogP contribution in [-0.4, -0.2) is 29.3 Å². The maximum Gasteiger partial charge on any atom is 0.434 e. The Labute approximate surface area is 147 Å². The first-order chi connectivity index (χ1) is 11.5. The lowest BCUT2D eigenvalue weighted by Gasteiger charge is -2.30. The van der Waals surface area contributed by atoms with Crippen LogP contribution in [0.1, 0.15) is 19.8 Å². The maximum atomic E-state index is 14.9. The lowest BCUT2D eigenvalue weighted by Crippen LogP contribution is -2.36. The number of aromatic nitrogens is 2. The first kappa shape index (κ1) is 17.3. The van der Waals surface area contributed by atoms with E-state index in [1.54, 1.807) is 0 Å². The van der Waals surface area contributed by atoms with Gasteiger partial charge in [-0.2, -0.15) is 0 Å². The van der Waals surface area contributed by atoms with Crippen molar-refractivity contribution in [2.24, 2.45) is 5.92 Å². The molecule has 1 aliphatic heterocycles. The Morgan fingerprint density at radius 1 is 1.42 bits per heavy atom. The zero-order chi connectivity index (χ0) is 17.3. The Morgan fingerprint density at radius 3 is 2.75 bits per heavy atom. The fourth-order valence-electron chi connectivity index (χ4n) is 2.92. The summed E-state index contributed by atoms with van der Waals surface area (Å²) in [5.74, 6) is -1.20.